The molecule has 0 radical (unpaired) electrons. The Balaban J connectivity index is 1.36. The summed E-state index contributed by atoms with van der Waals surface area (Å²) in [7, 11) is 1.61. The lowest BCUT2D eigenvalue weighted by Crippen LogP contribution is -2.57. The normalized spacial score (nSPS) is 19.8. The molecule has 1 aromatic heterocycles. The van der Waals surface area contributed by atoms with Gasteiger partial charge in [0.1, 0.15) is 11.4 Å². The van der Waals surface area contributed by atoms with Crippen LogP contribution < -0.4 is 14.8 Å². The molecule has 0 aliphatic carbocycles. The number of likely N-dealkylation sites (tertiary alicyclic amines) is 1. The van der Waals surface area contributed by atoms with Gasteiger partial charge in [-0.1, -0.05) is 25.1 Å². The van der Waals surface area contributed by atoms with Gasteiger partial charge in [0.25, 0.3) is 5.91 Å². The zero-order chi connectivity index (χ0) is 26.5. The molecule has 1 fully saturated rings. The topological polar surface area (TPSA) is 90.0 Å². The number of nitrogens with one attached hydrogen (secondary N) is 1. The van der Waals surface area contributed by atoms with Gasteiger partial charge in [0.2, 0.25) is 5.91 Å². The predicted octanol–water partition coefficient (Wildman–Crippen LogP) is 4.76. The first kappa shape index (κ1) is 26.2. The first-order valence-electron chi connectivity index (χ1n) is 13.1. The monoisotopic (exact) mass is 535 g/mol. The fraction of sp³-hybridized carbons (Fsp3) is 0.414. The van der Waals surface area contributed by atoms with Crippen LogP contribution in [0.4, 0.5) is 0 Å². The van der Waals surface area contributed by atoms with Crippen molar-refractivity contribution in [1.82, 2.24) is 15.2 Å². The number of rotatable bonds is 4. The van der Waals surface area contributed by atoms with E-state index in [0.29, 0.717) is 61.9 Å². The molecule has 1 N–H and O–H groups in total. The summed E-state index contributed by atoms with van der Waals surface area (Å²) in [4.78, 5) is 32.6. The number of hydrogen-bond donors (Lipinski definition) is 1. The minimum atomic E-state index is -0.315. The molecular formula is C29H33N3O5S. The van der Waals surface area contributed by atoms with E-state index in [0.717, 1.165) is 29.0 Å². The third kappa shape index (κ3) is 6.16. The van der Waals surface area contributed by atoms with E-state index in [4.69, 9.17) is 14.2 Å². The molecule has 3 heterocycles. The number of piperidine rings is 1. The number of hydrogen-bond acceptors (Lipinski definition) is 7. The Kier molecular flexibility index (Phi) is 8.24. The third-order valence-corrected chi connectivity index (χ3v) is 7.79. The van der Waals surface area contributed by atoms with Gasteiger partial charge in [-0.05, 0) is 61.1 Å². The summed E-state index contributed by atoms with van der Waals surface area (Å²) in [5, 5.41) is 5.97. The zero-order valence-electron chi connectivity index (χ0n) is 21.8. The number of aromatic nitrogens is 1. The van der Waals surface area contributed by atoms with Crippen LogP contribution in [0.15, 0.2) is 47.8 Å². The second-order valence-corrected chi connectivity index (χ2v) is 10.6. The molecule has 2 amide bonds. The van der Waals surface area contributed by atoms with Crippen LogP contribution in [0.3, 0.4) is 0 Å². The molecule has 2 atom stereocenters. The van der Waals surface area contributed by atoms with Crippen molar-refractivity contribution >= 4 is 23.2 Å². The molecule has 3 aromatic rings. The summed E-state index contributed by atoms with van der Waals surface area (Å²) in [5.41, 5.74) is 2.41. The zero-order valence-corrected chi connectivity index (χ0v) is 22.6. The molecule has 0 saturated carbocycles. The Morgan fingerprint density at radius 3 is 2.95 bits per heavy atom. The molecular weight excluding hydrogens is 502 g/mol. The van der Waals surface area contributed by atoms with Crippen molar-refractivity contribution in [3.63, 3.8) is 0 Å². The Hall–Kier alpha value is -3.43. The van der Waals surface area contributed by atoms with E-state index in [9.17, 15) is 9.59 Å². The lowest BCUT2D eigenvalue weighted by Gasteiger charge is -2.38. The molecule has 2 aliphatic heterocycles. The van der Waals surface area contributed by atoms with Gasteiger partial charge in [-0.15, -0.1) is 11.3 Å². The van der Waals surface area contributed by atoms with E-state index in [1.165, 1.54) is 11.3 Å². The lowest BCUT2D eigenvalue weighted by atomic mass is 10.0. The number of thiazole rings is 1. The van der Waals surface area contributed by atoms with Crippen molar-refractivity contribution < 1.29 is 23.8 Å². The highest BCUT2D eigenvalue weighted by atomic mass is 32.1. The van der Waals surface area contributed by atoms with E-state index >= 15 is 0 Å². The van der Waals surface area contributed by atoms with Gasteiger partial charge in [-0.2, -0.15) is 0 Å². The highest BCUT2D eigenvalue weighted by molar-refractivity contribution is 7.09. The number of aryl methyl sites for hydroxylation is 2. The largest absolute Gasteiger partial charge is 0.493 e. The molecule has 9 heteroatoms. The molecule has 0 spiro atoms. The van der Waals surface area contributed by atoms with Crippen molar-refractivity contribution in [2.75, 3.05) is 20.2 Å². The highest BCUT2D eigenvalue weighted by Gasteiger charge is 2.34. The van der Waals surface area contributed by atoms with Crippen LogP contribution in [0.25, 0.3) is 0 Å². The summed E-state index contributed by atoms with van der Waals surface area (Å²) < 4.78 is 18.0. The number of carbonyl (C=O) groups is 2. The minimum absolute atomic E-state index is 0.0782. The fourth-order valence-corrected chi connectivity index (χ4v) is 5.75. The van der Waals surface area contributed by atoms with Gasteiger partial charge in [0, 0.05) is 24.9 Å². The Labute approximate surface area is 226 Å². The van der Waals surface area contributed by atoms with Gasteiger partial charge in [0.15, 0.2) is 11.5 Å². The number of methoxy groups -OCH3 is 1. The average molecular weight is 536 g/mol. The van der Waals surface area contributed by atoms with Gasteiger partial charge >= 0.3 is 0 Å². The second kappa shape index (κ2) is 12.0. The number of ether oxygens (including phenoxy) is 3. The van der Waals surface area contributed by atoms with Crippen LogP contribution in [0.2, 0.25) is 0 Å². The van der Waals surface area contributed by atoms with Crippen molar-refractivity contribution in [3.05, 3.63) is 69.7 Å². The minimum Gasteiger partial charge on any atom is -0.493 e. The number of benzene rings is 2. The van der Waals surface area contributed by atoms with E-state index in [1.54, 1.807) is 12.0 Å². The first-order chi connectivity index (χ1) is 18.5. The molecule has 4 bridgehead atoms. The third-order valence-electron chi connectivity index (χ3n) is 6.88. The van der Waals surface area contributed by atoms with Gasteiger partial charge < -0.3 is 24.4 Å². The average Bonchev–Trinajstić information content (AvgIpc) is 3.39. The molecule has 200 valence electrons. The molecule has 0 unspecified atom stereocenters. The Bertz CT molecular complexity index is 1290. The molecule has 5 rings (SSSR count). The van der Waals surface area contributed by atoms with Crippen LogP contribution in [-0.4, -0.2) is 54.0 Å². The summed E-state index contributed by atoms with van der Waals surface area (Å²) in [6.45, 7) is 3.39. The smallest absolute Gasteiger partial charge is 0.273 e. The first-order valence-corrected chi connectivity index (χ1v) is 14.0. The van der Waals surface area contributed by atoms with E-state index < -0.39 is 0 Å². The number of fused-ring (bicyclic) bond motifs is 5. The fourth-order valence-electron chi connectivity index (χ4n) is 4.88. The SMILES string of the molecule is CCCc1nc(C(=O)N2CC[C@H]3OCc4cccc(c4)Oc4cc(ccc4OC)CCC(=O)N[C@H]3C2)cs1. The number of amides is 2. The lowest BCUT2D eigenvalue weighted by molar-refractivity contribution is -0.124. The maximum atomic E-state index is 13.2. The second-order valence-electron chi connectivity index (χ2n) is 9.67. The molecule has 2 aliphatic rings. The van der Waals surface area contributed by atoms with Crippen LogP contribution in [0.1, 0.15) is 52.8 Å². The molecule has 1 saturated heterocycles. The predicted molar refractivity (Wildman–Crippen MR) is 145 cm³/mol. The number of nitrogens with zero attached hydrogens (tertiary/aromatic N) is 2. The van der Waals surface area contributed by atoms with E-state index in [-0.39, 0.29) is 24.0 Å². The molecule has 8 nitrogen and oxygen atoms in total. The van der Waals surface area contributed by atoms with Crippen molar-refractivity contribution in [3.8, 4) is 17.2 Å². The summed E-state index contributed by atoms with van der Waals surface area (Å²) in [6.07, 6.45) is 3.12. The van der Waals surface area contributed by atoms with Crippen LogP contribution in [0.5, 0.6) is 17.2 Å². The van der Waals surface area contributed by atoms with E-state index in [1.807, 2.05) is 47.8 Å². The Morgan fingerprint density at radius 1 is 1.21 bits per heavy atom. The standard InChI is InChI=1S/C29H33N3O5S/c1-3-5-28-31-23(18-38-28)29(34)32-13-12-24-22(16-32)30-27(33)11-9-19-8-10-25(35-2)26(15-19)37-21-7-4-6-20(14-21)17-36-24/h4,6-8,10,14-15,18,22,24H,3,5,9,11-13,16-17H2,1-2H3,(H,30,33)/t22-,24+/m0/s1. The van der Waals surface area contributed by atoms with E-state index in [2.05, 4.69) is 17.2 Å². The van der Waals surface area contributed by atoms with Crippen molar-refractivity contribution in [2.24, 2.45) is 0 Å². The summed E-state index contributed by atoms with van der Waals surface area (Å²) >= 11 is 1.53. The molecule has 2 aromatic carbocycles. The Morgan fingerprint density at radius 2 is 2.11 bits per heavy atom. The maximum absolute atomic E-state index is 13.2. The quantitative estimate of drug-likeness (QED) is 0.518. The van der Waals surface area contributed by atoms with Crippen molar-refractivity contribution in [2.45, 2.75) is 57.8 Å². The summed E-state index contributed by atoms with van der Waals surface area (Å²) in [5.74, 6) is 1.74. The van der Waals surface area contributed by atoms with Gasteiger partial charge in [-0.3, -0.25) is 9.59 Å². The summed E-state index contributed by atoms with van der Waals surface area (Å²) in [6, 6.07) is 13.2. The highest BCUT2D eigenvalue weighted by Crippen LogP contribution is 2.33. The maximum Gasteiger partial charge on any atom is 0.273 e. The van der Waals surface area contributed by atoms with Crippen LogP contribution in [-0.2, 0) is 29.0 Å². The molecule has 38 heavy (non-hydrogen) atoms. The van der Waals surface area contributed by atoms with Gasteiger partial charge in [-0.25, -0.2) is 4.98 Å². The van der Waals surface area contributed by atoms with Gasteiger partial charge in [0.05, 0.1) is 30.9 Å². The number of carbonyl (C=O) groups excluding carboxylic acids is 2. The van der Waals surface area contributed by atoms with Crippen molar-refractivity contribution in [1.29, 1.82) is 0 Å². The van der Waals surface area contributed by atoms with Crippen LogP contribution in [0, 0.1) is 0 Å². The van der Waals surface area contributed by atoms with Crippen LogP contribution >= 0.6 is 11.3 Å².